The van der Waals surface area contributed by atoms with Crippen molar-refractivity contribution in [1.82, 2.24) is 0 Å². The van der Waals surface area contributed by atoms with Gasteiger partial charge >= 0.3 is 5.97 Å². The van der Waals surface area contributed by atoms with E-state index >= 15 is 0 Å². The highest BCUT2D eigenvalue weighted by molar-refractivity contribution is 5.91. The van der Waals surface area contributed by atoms with E-state index in [0.717, 1.165) is 0 Å². The van der Waals surface area contributed by atoms with Crippen LogP contribution in [0.25, 0.3) is 0 Å². The monoisotopic (exact) mass is 252 g/mol. The van der Waals surface area contributed by atoms with Crippen LogP contribution in [0.5, 0.6) is 0 Å². The summed E-state index contributed by atoms with van der Waals surface area (Å²) in [5, 5.41) is 0. The minimum absolute atomic E-state index is 0.0414. The van der Waals surface area contributed by atoms with Crippen LogP contribution in [0.15, 0.2) is 24.0 Å². The van der Waals surface area contributed by atoms with Crippen LogP contribution < -0.4 is 0 Å². The van der Waals surface area contributed by atoms with E-state index in [1.54, 1.807) is 13.8 Å². The summed E-state index contributed by atoms with van der Waals surface area (Å²) in [5.41, 5.74) is 0.207. The van der Waals surface area contributed by atoms with Gasteiger partial charge < -0.3 is 9.47 Å². The maximum absolute atomic E-state index is 11.5. The van der Waals surface area contributed by atoms with Gasteiger partial charge in [-0.2, -0.15) is 0 Å². The van der Waals surface area contributed by atoms with Crippen molar-refractivity contribution in [1.29, 1.82) is 0 Å². The van der Waals surface area contributed by atoms with Gasteiger partial charge in [-0.1, -0.05) is 20.4 Å². The van der Waals surface area contributed by atoms with Crippen LogP contribution in [-0.2, 0) is 19.1 Å². The summed E-state index contributed by atoms with van der Waals surface area (Å²) in [6.07, 6.45) is 1.94. The van der Waals surface area contributed by atoms with Gasteiger partial charge in [-0.05, 0) is 12.3 Å². The second kappa shape index (κ2) is 5.38. The summed E-state index contributed by atoms with van der Waals surface area (Å²) in [6, 6.07) is 0. The Kier molecular flexibility index (Phi) is 4.33. The molecular weight excluding hydrogens is 232 g/mol. The third kappa shape index (κ3) is 4.35. The van der Waals surface area contributed by atoms with Crippen molar-refractivity contribution < 1.29 is 19.1 Å². The van der Waals surface area contributed by atoms with Gasteiger partial charge in [0.05, 0.1) is 0 Å². The lowest BCUT2D eigenvalue weighted by atomic mass is 9.79. The fourth-order valence-corrected chi connectivity index (χ4v) is 1.85. The number of esters is 1. The number of ether oxygens (including phenoxy) is 2. The average Bonchev–Trinajstić information content (AvgIpc) is 2.12. The van der Waals surface area contributed by atoms with Gasteiger partial charge in [0.15, 0.2) is 5.78 Å². The summed E-state index contributed by atoms with van der Waals surface area (Å²) in [5.74, 6) is 0.113. The Bertz CT molecular complexity index is 404. The molecule has 4 heteroatoms. The maximum atomic E-state index is 11.5. The average molecular weight is 252 g/mol. The lowest BCUT2D eigenvalue weighted by Gasteiger charge is -2.29. The van der Waals surface area contributed by atoms with Crippen LogP contribution in [0.4, 0.5) is 0 Å². The Morgan fingerprint density at radius 1 is 1.44 bits per heavy atom. The quantitative estimate of drug-likeness (QED) is 0.438. The van der Waals surface area contributed by atoms with Crippen LogP contribution in [0, 0.1) is 5.41 Å². The fourth-order valence-electron chi connectivity index (χ4n) is 1.85. The minimum atomic E-state index is -0.720. The molecule has 0 spiro atoms. The Balaban J connectivity index is 2.59. The molecule has 4 nitrogen and oxygen atoms in total. The number of ketones is 1. The molecule has 0 bridgehead atoms. The highest BCUT2D eigenvalue weighted by Crippen LogP contribution is 2.34. The molecule has 0 saturated heterocycles. The zero-order valence-corrected chi connectivity index (χ0v) is 11.4. The molecule has 0 fully saturated rings. The summed E-state index contributed by atoms with van der Waals surface area (Å²) < 4.78 is 10.5. The molecule has 0 aromatic carbocycles. The van der Waals surface area contributed by atoms with Crippen molar-refractivity contribution >= 4 is 11.8 Å². The number of allylic oxidation sites excluding steroid dienone is 2. The van der Waals surface area contributed by atoms with Gasteiger partial charge in [-0.15, -0.1) is 0 Å². The SMILES string of the molecule is C=C(C)C(=O)OC(C)OC1=CC(=O)CC(C)(C)C1. The minimum Gasteiger partial charge on any atom is -0.459 e. The molecule has 0 saturated carbocycles. The zero-order valence-electron chi connectivity index (χ0n) is 11.4. The molecule has 0 heterocycles. The first-order valence-electron chi connectivity index (χ1n) is 5.96. The number of carbonyl (C=O) groups is 2. The highest BCUT2D eigenvalue weighted by atomic mass is 16.7. The molecule has 0 radical (unpaired) electrons. The maximum Gasteiger partial charge on any atom is 0.336 e. The van der Waals surface area contributed by atoms with E-state index in [4.69, 9.17) is 9.47 Å². The summed E-state index contributed by atoms with van der Waals surface area (Å²) >= 11 is 0. The molecule has 0 amide bonds. The van der Waals surface area contributed by atoms with Gasteiger partial charge in [0, 0.05) is 31.4 Å². The lowest BCUT2D eigenvalue weighted by molar-refractivity contribution is -0.164. The highest BCUT2D eigenvalue weighted by Gasteiger charge is 2.29. The Labute approximate surface area is 108 Å². The summed E-state index contributed by atoms with van der Waals surface area (Å²) in [4.78, 5) is 22.8. The molecule has 1 atom stereocenters. The number of hydrogen-bond acceptors (Lipinski definition) is 4. The van der Waals surface area contributed by atoms with Gasteiger partial charge in [-0.25, -0.2) is 4.79 Å². The third-order valence-corrected chi connectivity index (χ3v) is 2.57. The normalized spacial score (nSPS) is 19.8. The van der Waals surface area contributed by atoms with Crippen LogP contribution in [0.3, 0.4) is 0 Å². The van der Waals surface area contributed by atoms with Crippen LogP contribution in [0.2, 0.25) is 0 Å². The fraction of sp³-hybridized carbons (Fsp3) is 0.571. The molecular formula is C14H20O4. The van der Waals surface area contributed by atoms with Gasteiger partial charge in [0.1, 0.15) is 5.76 Å². The zero-order chi connectivity index (χ0) is 13.9. The Morgan fingerprint density at radius 3 is 2.56 bits per heavy atom. The van der Waals surface area contributed by atoms with Crippen molar-refractivity contribution in [2.45, 2.75) is 46.8 Å². The van der Waals surface area contributed by atoms with E-state index < -0.39 is 12.3 Å². The largest absolute Gasteiger partial charge is 0.459 e. The number of carbonyl (C=O) groups excluding carboxylic acids is 2. The predicted molar refractivity (Wildman–Crippen MR) is 67.6 cm³/mol. The molecule has 0 aromatic heterocycles. The molecule has 100 valence electrons. The van der Waals surface area contributed by atoms with Crippen LogP contribution in [-0.4, -0.2) is 18.0 Å². The van der Waals surface area contributed by atoms with E-state index in [1.807, 2.05) is 13.8 Å². The number of rotatable bonds is 4. The number of hydrogen-bond donors (Lipinski definition) is 0. The topological polar surface area (TPSA) is 52.6 Å². The smallest absolute Gasteiger partial charge is 0.336 e. The molecule has 18 heavy (non-hydrogen) atoms. The van der Waals surface area contributed by atoms with Gasteiger partial charge in [-0.3, -0.25) is 4.79 Å². The second-order valence-electron chi connectivity index (χ2n) is 5.47. The standard InChI is InChI=1S/C14H20O4/c1-9(2)13(16)18-10(3)17-12-6-11(15)7-14(4,5)8-12/h6,10H,1,7-8H2,2-5H3. The molecule has 1 unspecified atom stereocenters. The van der Waals surface area contributed by atoms with Crippen molar-refractivity contribution in [3.63, 3.8) is 0 Å². The molecule has 1 aliphatic carbocycles. The van der Waals surface area contributed by atoms with Crippen molar-refractivity contribution in [3.8, 4) is 0 Å². The molecule has 0 aliphatic heterocycles. The Morgan fingerprint density at radius 2 is 2.06 bits per heavy atom. The molecule has 0 aromatic rings. The molecule has 1 aliphatic rings. The van der Waals surface area contributed by atoms with Gasteiger partial charge in [0.25, 0.3) is 0 Å². The van der Waals surface area contributed by atoms with E-state index in [9.17, 15) is 9.59 Å². The van der Waals surface area contributed by atoms with E-state index in [-0.39, 0.29) is 11.2 Å². The van der Waals surface area contributed by atoms with Crippen LogP contribution in [0.1, 0.15) is 40.5 Å². The van der Waals surface area contributed by atoms with Crippen LogP contribution >= 0.6 is 0 Å². The molecule has 1 rings (SSSR count). The Hall–Kier alpha value is -1.58. The van der Waals surface area contributed by atoms with Crippen molar-refractivity contribution in [2.75, 3.05) is 0 Å². The van der Waals surface area contributed by atoms with E-state index in [0.29, 0.717) is 24.2 Å². The predicted octanol–water partition coefficient (Wildman–Crippen LogP) is 2.74. The first kappa shape index (κ1) is 14.5. The first-order chi connectivity index (χ1) is 8.19. The summed E-state index contributed by atoms with van der Waals surface area (Å²) in [7, 11) is 0. The van der Waals surface area contributed by atoms with Gasteiger partial charge in [0.2, 0.25) is 6.29 Å². The summed E-state index contributed by atoms with van der Waals surface area (Å²) in [6.45, 7) is 10.7. The van der Waals surface area contributed by atoms with E-state index in [1.165, 1.54) is 6.08 Å². The first-order valence-corrected chi connectivity index (χ1v) is 5.96. The second-order valence-corrected chi connectivity index (χ2v) is 5.47. The lowest BCUT2D eigenvalue weighted by Crippen LogP contribution is -2.26. The van der Waals surface area contributed by atoms with Crippen molar-refractivity contribution in [2.24, 2.45) is 5.41 Å². The van der Waals surface area contributed by atoms with E-state index in [2.05, 4.69) is 6.58 Å². The molecule has 0 N–H and O–H groups in total. The van der Waals surface area contributed by atoms with Crippen molar-refractivity contribution in [3.05, 3.63) is 24.0 Å². The third-order valence-electron chi connectivity index (χ3n) is 2.57.